The molecule has 1 aliphatic rings. The monoisotopic (exact) mass is 372 g/mol. The van der Waals surface area contributed by atoms with E-state index in [-0.39, 0.29) is 12.0 Å². The van der Waals surface area contributed by atoms with Gasteiger partial charge in [0.1, 0.15) is 0 Å². The highest BCUT2D eigenvalue weighted by Crippen LogP contribution is 2.39. The summed E-state index contributed by atoms with van der Waals surface area (Å²) >= 11 is 1.41. The maximum atomic E-state index is 13.4. The molecule has 0 saturated carbocycles. The fourth-order valence-corrected chi connectivity index (χ4v) is 3.92. The maximum Gasteiger partial charge on any atom is 0.435 e. The Balaban J connectivity index is 1.91. The average molecular weight is 372 g/mol. The summed E-state index contributed by atoms with van der Waals surface area (Å²) in [6, 6.07) is 14.0. The lowest BCUT2D eigenvalue weighted by molar-refractivity contribution is -0.141. The minimum Gasteiger partial charge on any atom is -0.255 e. The SMILES string of the molecule is FC(F)(F)c1cc(-c2cccs2)n(C(c2ccccc2)C2C=CC=C2)n1. The van der Waals surface area contributed by atoms with Crippen LogP contribution >= 0.6 is 11.3 Å². The zero-order valence-electron chi connectivity index (χ0n) is 13.6. The van der Waals surface area contributed by atoms with E-state index >= 15 is 0 Å². The predicted molar refractivity (Wildman–Crippen MR) is 96.9 cm³/mol. The van der Waals surface area contributed by atoms with Gasteiger partial charge in [0, 0.05) is 5.92 Å². The van der Waals surface area contributed by atoms with Crippen molar-refractivity contribution in [3.05, 3.63) is 89.5 Å². The van der Waals surface area contributed by atoms with E-state index in [4.69, 9.17) is 0 Å². The first-order chi connectivity index (χ1) is 12.5. The quantitative estimate of drug-likeness (QED) is 0.552. The third kappa shape index (κ3) is 3.12. The topological polar surface area (TPSA) is 17.8 Å². The summed E-state index contributed by atoms with van der Waals surface area (Å²) in [5.74, 6) is -0.0582. The minimum atomic E-state index is -4.49. The van der Waals surface area contributed by atoms with Gasteiger partial charge in [-0.1, -0.05) is 60.7 Å². The molecule has 0 N–H and O–H groups in total. The molecule has 0 amide bonds. The molecule has 2 nitrogen and oxygen atoms in total. The van der Waals surface area contributed by atoms with Crippen LogP contribution in [-0.4, -0.2) is 9.78 Å². The van der Waals surface area contributed by atoms with Gasteiger partial charge in [-0.25, -0.2) is 0 Å². The van der Waals surface area contributed by atoms with Crippen molar-refractivity contribution in [1.82, 2.24) is 9.78 Å². The summed E-state index contributed by atoms with van der Waals surface area (Å²) in [7, 11) is 0. The summed E-state index contributed by atoms with van der Waals surface area (Å²) in [4.78, 5) is 0.764. The number of hydrogen-bond donors (Lipinski definition) is 0. The van der Waals surface area contributed by atoms with Gasteiger partial charge >= 0.3 is 6.18 Å². The minimum absolute atomic E-state index is 0.0582. The van der Waals surface area contributed by atoms with Crippen molar-refractivity contribution in [2.45, 2.75) is 12.2 Å². The van der Waals surface area contributed by atoms with Gasteiger partial charge in [-0.15, -0.1) is 11.3 Å². The van der Waals surface area contributed by atoms with Crippen LogP contribution in [-0.2, 0) is 6.18 Å². The van der Waals surface area contributed by atoms with E-state index in [1.807, 2.05) is 72.1 Å². The van der Waals surface area contributed by atoms with Crippen LogP contribution in [0.2, 0.25) is 0 Å². The largest absolute Gasteiger partial charge is 0.435 e. The number of aromatic nitrogens is 2. The van der Waals surface area contributed by atoms with E-state index in [2.05, 4.69) is 5.10 Å². The lowest BCUT2D eigenvalue weighted by Crippen LogP contribution is -2.20. The van der Waals surface area contributed by atoms with Crippen LogP contribution in [0.25, 0.3) is 10.6 Å². The molecular formula is C20H15F3N2S. The Morgan fingerprint density at radius 1 is 1.00 bits per heavy atom. The molecule has 2 aromatic heterocycles. The van der Waals surface area contributed by atoms with E-state index in [0.717, 1.165) is 16.5 Å². The molecule has 6 heteroatoms. The molecule has 3 aromatic rings. The van der Waals surface area contributed by atoms with Crippen molar-refractivity contribution in [2.75, 3.05) is 0 Å². The van der Waals surface area contributed by atoms with Gasteiger partial charge < -0.3 is 0 Å². The Bertz CT molecular complexity index is 925. The van der Waals surface area contributed by atoms with Crippen LogP contribution in [0.4, 0.5) is 13.2 Å². The van der Waals surface area contributed by atoms with Gasteiger partial charge in [0.15, 0.2) is 5.69 Å². The molecule has 0 saturated heterocycles. The Morgan fingerprint density at radius 3 is 2.35 bits per heavy atom. The molecule has 0 radical (unpaired) electrons. The molecule has 0 fully saturated rings. The van der Waals surface area contributed by atoms with Crippen molar-refractivity contribution < 1.29 is 13.2 Å². The second-order valence-electron chi connectivity index (χ2n) is 6.04. The summed E-state index contributed by atoms with van der Waals surface area (Å²) in [6.07, 6.45) is 3.33. The lowest BCUT2D eigenvalue weighted by atomic mass is 9.94. The molecule has 1 atom stereocenters. The number of thiophene rings is 1. The smallest absolute Gasteiger partial charge is 0.255 e. The van der Waals surface area contributed by atoms with Gasteiger partial charge in [-0.2, -0.15) is 18.3 Å². The standard InChI is InChI=1S/C20H15F3N2S/c21-20(22,23)18-13-16(17-11-6-12-26-17)25(24-18)19(15-9-4-5-10-15)14-7-2-1-3-8-14/h1-13,15,19H. The van der Waals surface area contributed by atoms with E-state index in [9.17, 15) is 13.2 Å². The van der Waals surface area contributed by atoms with Crippen LogP contribution in [0.3, 0.4) is 0 Å². The van der Waals surface area contributed by atoms with Crippen molar-refractivity contribution >= 4 is 11.3 Å². The number of rotatable bonds is 4. The summed E-state index contributed by atoms with van der Waals surface area (Å²) < 4.78 is 41.6. The maximum absolute atomic E-state index is 13.4. The molecule has 4 rings (SSSR count). The zero-order chi connectivity index (χ0) is 18.1. The van der Waals surface area contributed by atoms with Gasteiger partial charge in [-0.05, 0) is 23.1 Å². The summed E-state index contributed by atoms with van der Waals surface area (Å²) in [5, 5.41) is 5.84. The van der Waals surface area contributed by atoms with Gasteiger partial charge in [0.2, 0.25) is 0 Å². The van der Waals surface area contributed by atoms with Crippen molar-refractivity contribution in [1.29, 1.82) is 0 Å². The predicted octanol–water partition coefficient (Wildman–Crippen LogP) is 5.96. The molecule has 26 heavy (non-hydrogen) atoms. The fraction of sp³-hybridized carbons (Fsp3) is 0.150. The number of benzene rings is 1. The Kier molecular flexibility index (Phi) is 4.28. The molecule has 2 heterocycles. The summed E-state index contributed by atoms with van der Waals surface area (Å²) in [6.45, 7) is 0. The first-order valence-electron chi connectivity index (χ1n) is 8.14. The third-order valence-corrected chi connectivity index (χ3v) is 5.24. The Morgan fingerprint density at radius 2 is 1.73 bits per heavy atom. The number of allylic oxidation sites excluding steroid dienone is 4. The number of nitrogens with zero attached hydrogens (tertiary/aromatic N) is 2. The van der Waals surface area contributed by atoms with Crippen LogP contribution in [0, 0.1) is 5.92 Å². The molecule has 0 spiro atoms. The second kappa shape index (κ2) is 6.61. The van der Waals surface area contributed by atoms with Gasteiger partial charge in [-0.3, -0.25) is 4.68 Å². The second-order valence-corrected chi connectivity index (χ2v) is 6.98. The van der Waals surface area contributed by atoms with Crippen molar-refractivity contribution in [3.8, 4) is 10.6 Å². The van der Waals surface area contributed by atoms with Crippen LogP contribution < -0.4 is 0 Å². The van der Waals surface area contributed by atoms with Crippen molar-refractivity contribution in [3.63, 3.8) is 0 Å². The molecule has 0 bridgehead atoms. The van der Waals surface area contributed by atoms with Gasteiger partial charge in [0.05, 0.1) is 16.6 Å². The normalized spacial score (nSPS) is 15.7. The van der Waals surface area contributed by atoms with Crippen LogP contribution in [0.5, 0.6) is 0 Å². The first-order valence-corrected chi connectivity index (χ1v) is 9.02. The molecule has 1 aliphatic carbocycles. The summed E-state index contributed by atoms with van der Waals surface area (Å²) in [5.41, 5.74) is 0.533. The first kappa shape index (κ1) is 16.8. The third-order valence-electron chi connectivity index (χ3n) is 4.35. The van der Waals surface area contributed by atoms with Crippen molar-refractivity contribution in [2.24, 2.45) is 5.92 Å². The van der Waals surface area contributed by atoms with Gasteiger partial charge in [0.25, 0.3) is 0 Å². The fourth-order valence-electron chi connectivity index (χ4n) is 3.19. The molecular weight excluding hydrogens is 357 g/mol. The van der Waals surface area contributed by atoms with Crippen LogP contribution in [0.15, 0.2) is 78.2 Å². The Labute approximate surface area is 152 Å². The van der Waals surface area contributed by atoms with E-state index in [1.54, 1.807) is 0 Å². The van der Waals surface area contributed by atoms with E-state index < -0.39 is 11.9 Å². The molecule has 132 valence electrons. The highest BCUT2D eigenvalue weighted by atomic mass is 32.1. The van der Waals surface area contributed by atoms with E-state index in [1.165, 1.54) is 16.0 Å². The Hall–Kier alpha value is -2.60. The highest BCUT2D eigenvalue weighted by molar-refractivity contribution is 7.13. The molecule has 1 unspecified atom stereocenters. The highest BCUT2D eigenvalue weighted by Gasteiger charge is 2.37. The zero-order valence-corrected chi connectivity index (χ0v) is 14.4. The number of halogens is 3. The number of hydrogen-bond acceptors (Lipinski definition) is 2. The van der Waals surface area contributed by atoms with Crippen LogP contribution in [0.1, 0.15) is 17.3 Å². The molecule has 1 aromatic carbocycles. The average Bonchev–Trinajstić information content (AvgIpc) is 3.37. The lowest BCUT2D eigenvalue weighted by Gasteiger charge is -2.24. The molecule has 0 aliphatic heterocycles. The van der Waals surface area contributed by atoms with E-state index in [0.29, 0.717) is 5.69 Å². The number of alkyl halides is 3.